The molecule has 2 fully saturated rings. The van der Waals surface area contributed by atoms with Crippen LogP contribution in [0.3, 0.4) is 0 Å². The van der Waals surface area contributed by atoms with Crippen LogP contribution in [-0.4, -0.2) is 47.9 Å². The number of hydrogen-bond donors (Lipinski definition) is 0. The normalized spacial score (nSPS) is 33.6. The topological polar surface area (TPSA) is 6.48 Å². The molecule has 1 saturated heterocycles. The van der Waals surface area contributed by atoms with E-state index in [9.17, 15) is 0 Å². The van der Waals surface area contributed by atoms with Crippen LogP contribution < -0.4 is 0 Å². The Morgan fingerprint density at radius 2 is 1.59 bits per heavy atom. The monoisotopic (exact) mass is 362 g/mol. The molecule has 2 aliphatic rings. The minimum atomic E-state index is -2.02. The number of likely N-dealkylation sites (N-methyl/N-ethyl adjacent to an activating group) is 2. The second-order valence-electron chi connectivity index (χ2n) is 6.57. The lowest BCUT2D eigenvalue weighted by atomic mass is 9.90. The van der Waals surface area contributed by atoms with Crippen LogP contribution >= 0.6 is 22.7 Å². The van der Waals surface area contributed by atoms with Crippen molar-refractivity contribution < 1.29 is 0 Å². The molecule has 0 aromatic rings. The lowest BCUT2D eigenvalue weighted by Crippen LogP contribution is -2.55. The molecule has 1 heterocycles. The highest BCUT2D eigenvalue weighted by molar-refractivity contribution is 7.17. The highest BCUT2D eigenvalue weighted by Gasteiger charge is 2.57. The first kappa shape index (κ1) is 18.8. The Balaban J connectivity index is 2.03. The van der Waals surface area contributed by atoms with E-state index in [4.69, 9.17) is 22.7 Å². The van der Waals surface area contributed by atoms with Gasteiger partial charge in [-0.15, -0.1) is 22.7 Å². The molecule has 3 atom stereocenters. The molecule has 2 unspecified atom stereocenters. The van der Waals surface area contributed by atoms with E-state index >= 15 is 0 Å². The quantitative estimate of drug-likeness (QED) is 0.195. The standard InChI is InChI=1S/C17H32Cl2N2Si/c1-3-20-16-12-8-9-13-17(16)21(4-2)22(20,19)15-11-7-5-6-10-14-18/h7,11,16-17H,3-6,8-10,12-15H2,1-2H3/b11-7+/t16-,17?,22?/m0/s1. The summed E-state index contributed by atoms with van der Waals surface area (Å²) in [6.45, 7) is 6.79. The second-order valence-corrected chi connectivity index (χ2v) is 11.8. The minimum absolute atomic E-state index is 0.715. The van der Waals surface area contributed by atoms with E-state index in [0.717, 1.165) is 37.9 Å². The predicted octanol–water partition coefficient (Wildman–Crippen LogP) is 5.10. The molecule has 0 bridgehead atoms. The second kappa shape index (κ2) is 9.07. The maximum Gasteiger partial charge on any atom is 0.311 e. The van der Waals surface area contributed by atoms with Gasteiger partial charge in [-0.2, -0.15) is 0 Å². The highest BCUT2D eigenvalue weighted by Crippen LogP contribution is 2.43. The summed E-state index contributed by atoms with van der Waals surface area (Å²) in [5.74, 6) is 0.776. The first-order chi connectivity index (χ1) is 10.7. The molecule has 0 amide bonds. The third-order valence-electron chi connectivity index (χ3n) is 5.35. The van der Waals surface area contributed by atoms with Crippen molar-refractivity contribution in [2.75, 3.05) is 19.0 Å². The van der Waals surface area contributed by atoms with Gasteiger partial charge in [0.1, 0.15) is 0 Å². The fourth-order valence-electron chi connectivity index (χ4n) is 4.39. The van der Waals surface area contributed by atoms with Gasteiger partial charge in [0.2, 0.25) is 0 Å². The van der Waals surface area contributed by atoms with Crippen molar-refractivity contribution in [1.82, 2.24) is 9.13 Å². The summed E-state index contributed by atoms with van der Waals surface area (Å²) in [6, 6.07) is 2.49. The van der Waals surface area contributed by atoms with E-state index in [1.807, 2.05) is 0 Å². The van der Waals surface area contributed by atoms with Crippen LogP contribution in [0.25, 0.3) is 0 Å². The highest BCUT2D eigenvalue weighted by atomic mass is 35.6. The lowest BCUT2D eigenvalue weighted by molar-refractivity contribution is 0.210. The molecule has 22 heavy (non-hydrogen) atoms. The van der Waals surface area contributed by atoms with Crippen molar-refractivity contribution in [3.63, 3.8) is 0 Å². The molecule has 1 saturated carbocycles. The number of fused-ring (bicyclic) bond motifs is 1. The number of rotatable bonds is 8. The van der Waals surface area contributed by atoms with Crippen LogP contribution in [0, 0.1) is 0 Å². The van der Waals surface area contributed by atoms with Crippen LogP contribution in [0.1, 0.15) is 58.8 Å². The Labute approximate surface area is 147 Å². The Morgan fingerprint density at radius 1 is 1.00 bits per heavy atom. The molecule has 0 aromatic heterocycles. The molecule has 0 spiro atoms. The summed E-state index contributed by atoms with van der Waals surface area (Å²) in [7, 11) is -2.02. The SMILES string of the molecule is CCN1C2CCCC[C@@H]2N(CC)[Si]1(Cl)C/C=C/CCCCCl. The van der Waals surface area contributed by atoms with Crippen LogP contribution in [0.4, 0.5) is 0 Å². The predicted molar refractivity (Wildman–Crippen MR) is 101 cm³/mol. The van der Waals surface area contributed by atoms with Gasteiger partial charge in [0.25, 0.3) is 0 Å². The molecule has 0 aromatic carbocycles. The smallest absolute Gasteiger partial charge is 0.295 e. The number of nitrogens with zero attached hydrogens (tertiary/aromatic N) is 2. The number of halogens is 2. The minimum Gasteiger partial charge on any atom is -0.295 e. The average Bonchev–Trinajstić information content (AvgIpc) is 2.78. The third kappa shape index (κ3) is 3.92. The van der Waals surface area contributed by atoms with E-state index in [1.54, 1.807) is 0 Å². The van der Waals surface area contributed by atoms with Gasteiger partial charge in [-0.25, -0.2) is 0 Å². The summed E-state index contributed by atoms with van der Waals surface area (Å²) >= 11 is 13.1. The molecule has 0 radical (unpaired) electrons. The fraction of sp³-hybridized carbons (Fsp3) is 0.882. The molecular formula is C17H32Cl2N2Si. The maximum absolute atomic E-state index is 7.34. The number of allylic oxidation sites excluding steroid dienone is 2. The van der Waals surface area contributed by atoms with Gasteiger partial charge in [0.05, 0.1) is 0 Å². The molecule has 1 aliphatic heterocycles. The van der Waals surface area contributed by atoms with Gasteiger partial charge in [-0.05, 0) is 45.2 Å². The number of alkyl halides is 1. The van der Waals surface area contributed by atoms with E-state index < -0.39 is 7.71 Å². The summed E-state index contributed by atoms with van der Waals surface area (Å²) < 4.78 is 5.40. The van der Waals surface area contributed by atoms with Gasteiger partial charge >= 0.3 is 7.71 Å². The van der Waals surface area contributed by atoms with Crippen LogP contribution in [-0.2, 0) is 0 Å². The summed E-state index contributed by atoms with van der Waals surface area (Å²) in [5, 5.41) is 0. The van der Waals surface area contributed by atoms with Crippen molar-refractivity contribution in [2.45, 2.75) is 76.9 Å². The van der Waals surface area contributed by atoms with Gasteiger partial charge in [-0.3, -0.25) is 9.13 Å². The number of hydrogen-bond acceptors (Lipinski definition) is 2. The summed E-state index contributed by atoms with van der Waals surface area (Å²) in [6.07, 6.45) is 13.6. The van der Waals surface area contributed by atoms with Gasteiger partial charge in [0, 0.05) is 24.0 Å². The molecule has 0 N–H and O–H groups in total. The molecule has 5 heteroatoms. The Morgan fingerprint density at radius 3 is 2.09 bits per heavy atom. The van der Waals surface area contributed by atoms with E-state index in [2.05, 4.69) is 35.1 Å². The lowest BCUT2D eigenvalue weighted by Gasteiger charge is -2.35. The zero-order chi connectivity index (χ0) is 16.0. The fourth-order valence-corrected chi connectivity index (χ4v) is 10.2. The van der Waals surface area contributed by atoms with Crippen LogP contribution in [0.15, 0.2) is 12.2 Å². The molecule has 128 valence electrons. The van der Waals surface area contributed by atoms with Gasteiger partial charge < -0.3 is 0 Å². The van der Waals surface area contributed by atoms with Crippen molar-refractivity contribution in [3.8, 4) is 0 Å². The third-order valence-corrected chi connectivity index (χ3v) is 11.2. The summed E-state index contributed by atoms with van der Waals surface area (Å²) in [5.41, 5.74) is 0. The molecular weight excluding hydrogens is 331 g/mol. The Bertz CT molecular complexity index is 345. The Kier molecular flexibility index (Phi) is 7.75. The Hall–Kier alpha value is 0.457. The van der Waals surface area contributed by atoms with Crippen molar-refractivity contribution in [1.29, 1.82) is 0 Å². The van der Waals surface area contributed by atoms with Crippen LogP contribution in [0.2, 0.25) is 6.04 Å². The maximum atomic E-state index is 7.34. The average molecular weight is 363 g/mol. The molecule has 1 aliphatic carbocycles. The van der Waals surface area contributed by atoms with Crippen molar-refractivity contribution >= 4 is 30.4 Å². The number of unbranched alkanes of at least 4 members (excludes halogenated alkanes) is 2. The molecule has 2 nitrogen and oxygen atoms in total. The van der Waals surface area contributed by atoms with Crippen LogP contribution in [0.5, 0.6) is 0 Å². The zero-order valence-electron chi connectivity index (χ0n) is 14.2. The van der Waals surface area contributed by atoms with E-state index in [1.165, 1.54) is 32.1 Å². The van der Waals surface area contributed by atoms with Gasteiger partial charge in [0.15, 0.2) is 0 Å². The van der Waals surface area contributed by atoms with Crippen molar-refractivity contribution in [3.05, 3.63) is 12.2 Å². The van der Waals surface area contributed by atoms with Gasteiger partial charge in [-0.1, -0.05) is 38.8 Å². The first-order valence-electron chi connectivity index (χ1n) is 9.12. The largest absolute Gasteiger partial charge is 0.311 e. The van der Waals surface area contributed by atoms with Crippen molar-refractivity contribution in [2.24, 2.45) is 0 Å². The zero-order valence-corrected chi connectivity index (χ0v) is 16.7. The summed E-state index contributed by atoms with van der Waals surface area (Å²) in [4.78, 5) is 0. The van der Waals surface area contributed by atoms with E-state index in [-0.39, 0.29) is 0 Å². The first-order valence-corrected chi connectivity index (χ1v) is 12.8. The molecule has 2 rings (SSSR count). The van der Waals surface area contributed by atoms with E-state index in [0.29, 0.717) is 12.1 Å².